The normalized spacial score (nSPS) is 11.5. The van der Waals surface area contributed by atoms with Crippen molar-refractivity contribution in [1.29, 1.82) is 0 Å². The summed E-state index contributed by atoms with van der Waals surface area (Å²) in [5.41, 5.74) is 6.84. The second-order valence-corrected chi connectivity index (χ2v) is 3.38. The number of halogens is 1. The van der Waals surface area contributed by atoms with Gasteiger partial charge in [0.05, 0.1) is 6.42 Å². The molecule has 15 heavy (non-hydrogen) atoms. The van der Waals surface area contributed by atoms with Crippen molar-refractivity contribution in [2.45, 2.75) is 25.3 Å². The van der Waals surface area contributed by atoms with Crippen LogP contribution in [0.15, 0.2) is 30.3 Å². The van der Waals surface area contributed by atoms with Crippen molar-refractivity contribution in [2.75, 3.05) is 0 Å². The number of hydrogen-bond acceptors (Lipinski definition) is 2. The van der Waals surface area contributed by atoms with Crippen LogP contribution in [0.3, 0.4) is 0 Å². The van der Waals surface area contributed by atoms with Crippen LogP contribution in [0.5, 0.6) is 0 Å². The van der Waals surface area contributed by atoms with E-state index < -0.39 is 5.97 Å². The predicted molar refractivity (Wildman–Crippen MR) is 62.2 cm³/mol. The Morgan fingerprint density at radius 1 is 1.33 bits per heavy atom. The van der Waals surface area contributed by atoms with Gasteiger partial charge in [0.25, 0.3) is 0 Å². The first-order valence-electron chi connectivity index (χ1n) is 4.70. The summed E-state index contributed by atoms with van der Waals surface area (Å²) in [5, 5.41) is 8.50. The van der Waals surface area contributed by atoms with Gasteiger partial charge in [0, 0.05) is 6.04 Å². The highest BCUT2D eigenvalue weighted by atomic mass is 35.5. The first-order valence-corrected chi connectivity index (χ1v) is 4.70. The predicted octanol–water partition coefficient (Wildman–Crippen LogP) is 1.84. The highest BCUT2D eigenvalue weighted by Gasteiger charge is 2.07. The third-order valence-electron chi connectivity index (χ3n) is 2.08. The van der Waals surface area contributed by atoms with Crippen LogP contribution in [-0.4, -0.2) is 17.1 Å². The Balaban J connectivity index is 0.00000196. The van der Waals surface area contributed by atoms with Gasteiger partial charge < -0.3 is 10.8 Å². The van der Waals surface area contributed by atoms with E-state index in [1.54, 1.807) is 0 Å². The van der Waals surface area contributed by atoms with Gasteiger partial charge in [-0.1, -0.05) is 30.3 Å². The molecular formula is C11H16ClNO2. The number of aryl methyl sites for hydroxylation is 1. The van der Waals surface area contributed by atoms with E-state index in [-0.39, 0.29) is 24.9 Å². The molecule has 0 aliphatic carbocycles. The van der Waals surface area contributed by atoms with Crippen LogP contribution in [0.1, 0.15) is 18.4 Å². The molecule has 1 aromatic carbocycles. The van der Waals surface area contributed by atoms with Crippen LogP contribution in [0, 0.1) is 0 Å². The molecule has 0 amide bonds. The third kappa shape index (κ3) is 6.10. The zero-order chi connectivity index (χ0) is 10.4. The largest absolute Gasteiger partial charge is 0.481 e. The number of hydrogen-bond donors (Lipinski definition) is 2. The number of aliphatic carboxylic acids is 1. The molecular weight excluding hydrogens is 214 g/mol. The zero-order valence-electron chi connectivity index (χ0n) is 8.43. The first kappa shape index (κ1) is 13.9. The maximum atomic E-state index is 10.3. The zero-order valence-corrected chi connectivity index (χ0v) is 9.24. The van der Waals surface area contributed by atoms with E-state index in [2.05, 4.69) is 0 Å². The van der Waals surface area contributed by atoms with Gasteiger partial charge in [-0.25, -0.2) is 0 Å². The monoisotopic (exact) mass is 229 g/mol. The van der Waals surface area contributed by atoms with Crippen molar-refractivity contribution < 1.29 is 9.90 Å². The standard InChI is InChI=1S/C11H15NO2.ClH/c12-10(8-11(13)14)7-6-9-4-2-1-3-5-9;/h1-5,10H,6-8,12H2,(H,13,14);1H/t10-;/m0./s1. The smallest absolute Gasteiger partial charge is 0.304 e. The third-order valence-corrected chi connectivity index (χ3v) is 2.08. The average Bonchev–Trinajstić information content (AvgIpc) is 2.15. The van der Waals surface area contributed by atoms with Crippen LogP contribution in [-0.2, 0) is 11.2 Å². The minimum atomic E-state index is -0.828. The number of carboxylic acid groups (broad SMARTS) is 1. The van der Waals surface area contributed by atoms with E-state index in [1.807, 2.05) is 30.3 Å². The molecule has 0 spiro atoms. The van der Waals surface area contributed by atoms with Crippen molar-refractivity contribution in [3.05, 3.63) is 35.9 Å². The lowest BCUT2D eigenvalue weighted by molar-refractivity contribution is -0.137. The van der Waals surface area contributed by atoms with Crippen molar-refractivity contribution in [3.63, 3.8) is 0 Å². The molecule has 1 aromatic rings. The molecule has 0 saturated carbocycles. The lowest BCUT2D eigenvalue weighted by Crippen LogP contribution is -2.24. The molecule has 0 aromatic heterocycles. The summed E-state index contributed by atoms with van der Waals surface area (Å²) in [6.07, 6.45) is 1.61. The van der Waals surface area contributed by atoms with E-state index in [1.165, 1.54) is 5.56 Å². The number of rotatable bonds is 5. The molecule has 3 N–H and O–H groups in total. The van der Waals surface area contributed by atoms with Crippen LogP contribution in [0.2, 0.25) is 0 Å². The molecule has 0 saturated heterocycles. The second-order valence-electron chi connectivity index (χ2n) is 3.38. The van der Waals surface area contributed by atoms with Crippen LogP contribution in [0.4, 0.5) is 0 Å². The minimum Gasteiger partial charge on any atom is -0.481 e. The maximum absolute atomic E-state index is 10.3. The van der Waals surface area contributed by atoms with Crippen molar-refractivity contribution >= 4 is 18.4 Å². The molecule has 1 rings (SSSR count). The number of benzene rings is 1. The minimum absolute atomic E-state index is 0. The lowest BCUT2D eigenvalue weighted by Gasteiger charge is -2.08. The Kier molecular flexibility index (Phi) is 6.75. The summed E-state index contributed by atoms with van der Waals surface area (Å²) in [5.74, 6) is -0.828. The molecule has 0 aliphatic heterocycles. The van der Waals surface area contributed by atoms with E-state index in [0.717, 1.165) is 12.8 Å². The Hall–Kier alpha value is -1.06. The second kappa shape index (κ2) is 7.26. The van der Waals surface area contributed by atoms with Gasteiger partial charge in [-0.15, -0.1) is 12.4 Å². The molecule has 0 radical (unpaired) electrons. The molecule has 0 fully saturated rings. The van der Waals surface area contributed by atoms with Gasteiger partial charge >= 0.3 is 5.97 Å². The Labute approximate surface area is 95.7 Å². The van der Waals surface area contributed by atoms with Gasteiger partial charge in [0.1, 0.15) is 0 Å². The summed E-state index contributed by atoms with van der Waals surface area (Å²) < 4.78 is 0. The van der Waals surface area contributed by atoms with Gasteiger partial charge in [0.15, 0.2) is 0 Å². The van der Waals surface area contributed by atoms with E-state index >= 15 is 0 Å². The molecule has 1 atom stereocenters. The SMILES string of the molecule is Cl.N[C@@H](CCc1ccccc1)CC(=O)O. The maximum Gasteiger partial charge on any atom is 0.304 e. The summed E-state index contributed by atoms with van der Waals surface area (Å²) >= 11 is 0. The van der Waals surface area contributed by atoms with Gasteiger partial charge in [-0.3, -0.25) is 4.79 Å². The number of carboxylic acids is 1. The van der Waals surface area contributed by atoms with Gasteiger partial charge in [-0.2, -0.15) is 0 Å². The van der Waals surface area contributed by atoms with Crippen LogP contribution in [0.25, 0.3) is 0 Å². The summed E-state index contributed by atoms with van der Waals surface area (Å²) in [4.78, 5) is 10.3. The fourth-order valence-electron chi connectivity index (χ4n) is 1.32. The van der Waals surface area contributed by atoms with Crippen molar-refractivity contribution in [2.24, 2.45) is 5.73 Å². The lowest BCUT2D eigenvalue weighted by atomic mass is 10.0. The molecule has 84 valence electrons. The highest BCUT2D eigenvalue weighted by molar-refractivity contribution is 5.85. The van der Waals surface area contributed by atoms with Crippen molar-refractivity contribution in [3.8, 4) is 0 Å². The van der Waals surface area contributed by atoms with Crippen LogP contribution < -0.4 is 5.73 Å². The Bertz CT molecular complexity index is 290. The molecule has 0 aliphatic rings. The quantitative estimate of drug-likeness (QED) is 0.810. The number of carbonyl (C=O) groups is 1. The van der Waals surface area contributed by atoms with Gasteiger partial charge in [0.2, 0.25) is 0 Å². The summed E-state index contributed by atoms with van der Waals surface area (Å²) in [7, 11) is 0. The van der Waals surface area contributed by atoms with Crippen molar-refractivity contribution in [1.82, 2.24) is 0 Å². The molecule has 0 heterocycles. The summed E-state index contributed by atoms with van der Waals surface area (Å²) in [6.45, 7) is 0. The van der Waals surface area contributed by atoms with Crippen LogP contribution >= 0.6 is 12.4 Å². The van der Waals surface area contributed by atoms with E-state index in [9.17, 15) is 4.79 Å². The fraction of sp³-hybridized carbons (Fsp3) is 0.364. The molecule has 0 unspecified atom stereocenters. The number of nitrogens with two attached hydrogens (primary N) is 1. The molecule has 4 heteroatoms. The first-order chi connectivity index (χ1) is 6.68. The summed E-state index contributed by atoms with van der Waals surface area (Å²) in [6, 6.07) is 9.70. The van der Waals surface area contributed by atoms with E-state index in [4.69, 9.17) is 10.8 Å². The molecule has 0 bridgehead atoms. The fourth-order valence-corrected chi connectivity index (χ4v) is 1.32. The topological polar surface area (TPSA) is 63.3 Å². The Morgan fingerprint density at radius 2 is 1.93 bits per heavy atom. The highest BCUT2D eigenvalue weighted by Crippen LogP contribution is 2.05. The Morgan fingerprint density at radius 3 is 2.47 bits per heavy atom. The van der Waals surface area contributed by atoms with E-state index in [0.29, 0.717) is 0 Å². The molecule has 3 nitrogen and oxygen atoms in total. The average molecular weight is 230 g/mol. The van der Waals surface area contributed by atoms with Gasteiger partial charge in [-0.05, 0) is 18.4 Å².